The van der Waals surface area contributed by atoms with Crippen LogP contribution in [-0.4, -0.2) is 49.6 Å². The number of nitrogens with zero attached hydrogens (tertiary/aromatic N) is 6. The Morgan fingerprint density at radius 1 is 1.35 bits per heavy atom. The summed E-state index contributed by atoms with van der Waals surface area (Å²) in [4.78, 5) is 11.4. The van der Waals surface area contributed by atoms with E-state index in [0.717, 1.165) is 29.1 Å². The van der Waals surface area contributed by atoms with Crippen LogP contribution < -0.4 is 4.90 Å². The van der Waals surface area contributed by atoms with E-state index < -0.39 is 0 Å². The smallest absolute Gasteiger partial charge is 0.206 e. The SMILES string of the molecule is Cc1nn2ccccc2c1-c1nc(N=S=O)cc(N2CCOCC2C)n1. The van der Waals surface area contributed by atoms with E-state index >= 15 is 0 Å². The number of rotatable bonds is 3. The molecule has 1 unspecified atom stereocenters. The standard InChI is InChI=1S/C17H18N6O2S/c1-11-10-25-8-7-22(11)15-9-14(21-26-24)18-17(19-15)16-12(2)20-23-6-4-3-5-13(16)23/h3-6,9,11H,7-8,10H2,1-2H3. The van der Waals surface area contributed by atoms with Crippen LogP contribution in [0.1, 0.15) is 12.6 Å². The summed E-state index contributed by atoms with van der Waals surface area (Å²) in [5, 5.41) is 4.53. The Balaban J connectivity index is 1.90. The van der Waals surface area contributed by atoms with Gasteiger partial charge in [0.05, 0.1) is 36.0 Å². The zero-order valence-electron chi connectivity index (χ0n) is 14.5. The number of hydrogen-bond acceptors (Lipinski definition) is 7. The summed E-state index contributed by atoms with van der Waals surface area (Å²) < 4.78 is 22.2. The number of fused-ring (bicyclic) bond motifs is 1. The first kappa shape index (κ1) is 16.8. The molecule has 0 radical (unpaired) electrons. The Bertz CT molecular complexity index is 1010. The van der Waals surface area contributed by atoms with E-state index in [9.17, 15) is 4.21 Å². The molecular weight excluding hydrogens is 352 g/mol. The minimum Gasteiger partial charge on any atom is -0.377 e. The lowest BCUT2D eigenvalue weighted by Gasteiger charge is -2.34. The lowest BCUT2D eigenvalue weighted by molar-refractivity contribution is 0.0985. The van der Waals surface area contributed by atoms with Crippen molar-refractivity contribution in [1.29, 1.82) is 0 Å². The lowest BCUT2D eigenvalue weighted by atomic mass is 10.2. The maximum Gasteiger partial charge on any atom is 0.206 e. The van der Waals surface area contributed by atoms with Gasteiger partial charge in [-0.1, -0.05) is 6.07 Å². The molecule has 0 bridgehead atoms. The Morgan fingerprint density at radius 2 is 2.23 bits per heavy atom. The van der Waals surface area contributed by atoms with Gasteiger partial charge in [-0.2, -0.15) is 9.31 Å². The van der Waals surface area contributed by atoms with Gasteiger partial charge in [0.2, 0.25) is 11.5 Å². The van der Waals surface area contributed by atoms with Gasteiger partial charge in [-0.3, -0.25) is 0 Å². The Hall–Kier alpha value is -2.65. The summed E-state index contributed by atoms with van der Waals surface area (Å²) in [6.07, 6.45) is 1.89. The average Bonchev–Trinajstić information content (AvgIpc) is 2.98. The van der Waals surface area contributed by atoms with Crippen LogP contribution in [0.3, 0.4) is 0 Å². The van der Waals surface area contributed by atoms with Gasteiger partial charge in [0.25, 0.3) is 0 Å². The van der Waals surface area contributed by atoms with Gasteiger partial charge in [0, 0.05) is 18.8 Å². The molecule has 0 aliphatic carbocycles. The van der Waals surface area contributed by atoms with E-state index in [0.29, 0.717) is 24.9 Å². The summed E-state index contributed by atoms with van der Waals surface area (Å²) in [6.45, 7) is 6.02. The van der Waals surface area contributed by atoms with Crippen LogP contribution in [0.4, 0.5) is 11.6 Å². The van der Waals surface area contributed by atoms with Crippen molar-refractivity contribution < 1.29 is 8.95 Å². The van der Waals surface area contributed by atoms with Crippen molar-refractivity contribution in [3.05, 3.63) is 36.2 Å². The number of morpholine rings is 1. The van der Waals surface area contributed by atoms with Crippen LogP contribution in [0, 0.1) is 6.92 Å². The molecule has 1 aliphatic rings. The van der Waals surface area contributed by atoms with Crippen molar-refractivity contribution in [2.24, 2.45) is 4.36 Å². The van der Waals surface area contributed by atoms with Gasteiger partial charge in [0.1, 0.15) is 5.82 Å². The molecule has 3 aromatic rings. The van der Waals surface area contributed by atoms with E-state index in [4.69, 9.17) is 9.72 Å². The number of aryl methyl sites for hydroxylation is 1. The largest absolute Gasteiger partial charge is 0.377 e. The Kier molecular flexibility index (Phi) is 4.48. The molecule has 3 aromatic heterocycles. The third kappa shape index (κ3) is 2.99. The van der Waals surface area contributed by atoms with Gasteiger partial charge in [-0.05, 0) is 26.0 Å². The quantitative estimate of drug-likeness (QED) is 0.704. The maximum atomic E-state index is 11.0. The zero-order chi connectivity index (χ0) is 18.1. The van der Waals surface area contributed by atoms with Crippen molar-refractivity contribution in [2.75, 3.05) is 24.7 Å². The normalized spacial score (nSPS) is 17.5. The van der Waals surface area contributed by atoms with Crippen molar-refractivity contribution >= 4 is 28.6 Å². The van der Waals surface area contributed by atoms with E-state index in [1.54, 1.807) is 10.6 Å². The lowest BCUT2D eigenvalue weighted by Crippen LogP contribution is -2.44. The van der Waals surface area contributed by atoms with Crippen LogP contribution >= 0.6 is 0 Å². The van der Waals surface area contributed by atoms with Gasteiger partial charge >= 0.3 is 0 Å². The van der Waals surface area contributed by atoms with Crippen molar-refractivity contribution in [2.45, 2.75) is 19.9 Å². The fourth-order valence-corrected chi connectivity index (χ4v) is 3.40. The number of anilines is 1. The molecule has 1 atom stereocenters. The second-order valence-corrected chi connectivity index (χ2v) is 6.51. The molecule has 0 N–H and O–H groups in total. The highest BCUT2D eigenvalue weighted by molar-refractivity contribution is 7.54. The van der Waals surface area contributed by atoms with E-state index in [-0.39, 0.29) is 17.5 Å². The summed E-state index contributed by atoms with van der Waals surface area (Å²) in [6, 6.07) is 7.78. The minimum absolute atomic E-state index is 0.145. The molecule has 8 nitrogen and oxygen atoms in total. The molecule has 0 saturated carbocycles. The van der Waals surface area contributed by atoms with Crippen LogP contribution in [0.15, 0.2) is 34.8 Å². The molecule has 134 valence electrons. The topological polar surface area (TPSA) is 85.0 Å². The first-order valence-corrected chi connectivity index (χ1v) is 9.05. The number of hydrogen-bond donors (Lipinski definition) is 0. The number of aromatic nitrogens is 4. The fraction of sp³-hybridized carbons (Fsp3) is 0.353. The number of ether oxygens (including phenoxy) is 1. The van der Waals surface area contributed by atoms with E-state index in [2.05, 4.69) is 26.3 Å². The fourth-order valence-electron chi connectivity index (χ4n) is 3.23. The highest BCUT2D eigenvalue weighted by atomic mass is 32.1. The molecule has 9 heteroatoms. The molecule has 4 heterocycles. The van der Waals surface area contributed by atoms with E-state index in [1.165, 1.54) is 0 Å². The summed E-state index contributed by atoms with van der Waals surface area (Å²) >= 11 is 0.145. The van der Waals surface area contributed by atoms with E-state index in [1.807, 2.05) is 31.3 Å². The van der Waals surface area contributed by atoms with Crippen LogP contribution in [0.25, 0.3) is 16.9 Å². The average molecular weight is 370 g/mol. The van der Waals surface area contributed by atoms with Gasteiger partial charge < -0.3 is 9.64 Å². The summed E-state index contributed by atoms with van der Waals surface area (Å²) in [5.41, 5.74) is 2.59. The Morgan fingerprint density at radius 3 is 3.04 bits per heavy atom. The van der Waals surface area contributed by atoms with Crippen LogP contribution in [0.2, 0.25) is 0 Å². The molecule has 0 aromatic carbocycles. The molecule has 1 fully saturated rings. The molecule has 1 saturated heterocycles. The molecule has 4 rings (SSSR count). The van der Waals surface area contributed by atoms with Crippen molar-refractivity contribution in [3.8, 4) is 11.4 Å². The zero-order valence-corrected chi connectivity index (χ0v) is 15.3. The van der Waals surface area contributed by atoms with Crippen molar-refractivity contribution in [3.63, 3.8) is 0 Å². The highest BCUT2D eigenvalue weighted by Crippen LogP contribution is 2.30. The van der Waals surface area contributed by atoms with Crippen molar-refractivity contribution in [1.82, 2.24) is 19.6 Å². The predicted molar refractivity (Wildman–Crippen MR) is 98.8 cm³/mol. The third-order valence-corrected chi connectivity index (χ3v) is 4.69. The second-order valence-electron chi connectivity index (χ2n) is 6.18. The second kappa shape index (κ2) is 6.93. The Labute approximate surface area is 154 Å². The monoisotopic (exact) mass is 370 g/mol. The van der Waals surface area contributed by atoms with Gasteiger partial charge in [0.15, 0.2) is 11.6 Å². The van der Waals surface area contributed by atoms with Crippen LogP contribution in [0.5, 0.6) is 0 Å². The predicted octanol–water partition coefficient (Wildman–Crippen LogP) is 2.35. The summed E-state index contributed by atoms with van der Waals surface area (Å²) in [7, 11) is 0. The molecule has 0 amide bonds. The van der Waals surface area contributed by atoms with Gasteiger partial charge in [-0.25, -0.2) is 14.5 Å². The first-order valence-electron chi connectivity index (χ1n) is 8.35. The highest BCUT2D eigenvalue weighted by Gasteiger charge is 2.23. The minimum atomic E-state index is 0.145. The third-order valence-electron chi connectivity index (χ3n) is 4.43. The summed E-state index contributed by atoms with van der Waals surface area (Å²) in [5.74, 6) is 1.62. The molecule has 26 heavy (non-hydrogen) atoms. The van der Waals surface area contributed by atoms with Gasteiger partial charge in [-0.15, -0.1) is 4.36 Å². The first-order chi connectivity index (χ1) is 12.7. The van der Waals surface area contributed by atoms with Crippen LogP contribution in [-0.2, 0) is 16.2 Å². The molecular formula is C17H18N6O2S. The number of pyridine rings is 1. The molecule has 0 spiro atoms. The maximum absolute atomic E-state index is 11.0. The molecule has 1 aliphatic heterocycles.